The number of nitrogens with one attached hydrogen (secondary N) is 1. The first-order valence-corrected chi connectivity index (χ1v) is 17.0. The first kappa shape index (κ1) is 33.0. The molecule has 3 aliphatic rings. The number of hydrogen-bond donors (Lipinski definition) is 1. The van der Waals surface area contributed by atoms with Crippen molar-refractivity contribution in [2.45, 2.75) is 126 Å². The molecule has 3 rings (SSSR count). The van der Waals surface area contributed by atoms with Gasteiger partial charge in [0.1, 0.15) is 11.9 Å². The summed E-state index contributed by atoms with van der Waals surface area (Å²) in [6, 6.07) is 2.18. The highest BCUT2D eigenvalue weighted by Gasteiger charge is 2.63. The van der Waals surface area contributed by atoms with Crippen LogP contribution in [-0.4, -0.2) is 31.8 Å². The number of fused-ring (bicyclic) bond motifs is 1. The number of nitrogens with zero attached hydrogens (tertiary/aromatic N) is 1. The summed E-state index contributed by atoms with van der Waals surface area (Å²) in [6.07, 6.45) is 9.56. The lowest BCUT2D eigenvalue weighted by atomic mass is 9.39. The number of allylic oxidation sites excluding steroid dienone is 2. The fourth-order valence-corrected chi connectivity index (χ4v) is 10.5. The van der Waals surface area contributed by atoms with Crippen molar-refractivity contribution in [3.63, 3.8) is 0 Å². The van der Waals surface area contributed by atoms with Gasteiger partial charge in [-0.15, -0.1) is 0 Å². The van der Waals surface area contributed by atoms with Crippen LogP contribution in [0.2, 0.25) is 0 Å². The van der Waals surface area contributed by atoms with Crippen molar-refractivity contribution in [3.05, 3.63) is 11.6 Å². The molecule has 2 fully saturated rings. The van der Waals surface area contributed by atoms with Crippen LogP contribution in [0.4, 0.5) is 0 Å². The summed E-state index contributed by atoms with van der Waals surface area (Å²) in [5.74, 6) is 0.209. The molecule has 0 radical (unpaired) electrons. The third kappa shape index (κ3) is 5.74. The van der Waals surface area contributed by atoms with E-state index in [0.717, 1.165) is 44.9 Å². The zero-order chi connectivity index (χ0) is 30.7. The van der Waals surface area contributed by atoms with Crippen molar-refractivity contribution in [2.75, 3.05) is 6.26 Å². The Bertz CT molecular complexity index is 1220. The Hall–Kier alpha value is -1.52. The fraction of sp³-hybridized carbons (Fsp3) is 0.848. The van der Waals surface area contributed by atoms with Crippen LogP contribution in [0.5, 0.6) is 0 Å². The maximum Gasteiger partial charge on any atom is 0.209 e. The van der Waals surface area contributed by atoms with Gasteiger partial charge in [0.15, 0.2) is 5.78 Å². The largest absolute Gasteiger partial charge is 0.300 e. The second-order valence-corrected chi connectivity index (χ2v) is 18.0. The summed E-state index contributed by atoms with van der Waals surface area (Å²) in [7, 11) is -3.40. The zero-order valence-electron chi connectivity index (χ0n) is 27.0. The van der Waals surface area contributed by atoms with Gasteiger partial charge in [-0.25, -0.2) is 13.1 Å². The number of carbonyl (C=O) groups excluding carboxylic acids is 2. The van der Waals surface area contributed by atoms with E-state index < -0.39 is 26.4 Å². The van der Waals surface area contributed by atoms with E-state index in [1.807, 2.05) is 19.9 Å². The number of sulfonamides is 1. The SMILES string of the molecule is CC(=O)C[C@@H]1[C@@]2(C)C=C(C#N)C(=O)C(C)(C)[C@@H]2CC[C@@]1(C)C(C)(C)CC[C@@]1(NS(C)(=O)=O)CCC(C)(C)CC1C. The van der Waals surface area contributed by atoms with E-state index in [1.165, 1.54) is 6.26 Å². The van der Waals surface area contributed by atoms with Gasteiger partial charge < -0.3 is 4.79 Å². The minimum atomic E-state index is -3.40. The molecule has 0 heterocycles. The van der Waals surface area contributed by atoms with E-state index in [-0.39, 0.29) is 51.1 Å². The lowest BCUT2D eigenvalue weighted by Gasteiger charge is -2.64. The highest BCUT2D eigenvalue weighted by Crippen LogP contribution is 2.68. The smallest absolute Gasteiger partial charge is 0.209 e. The number of hydrogen-bond acceptors (Lipinski definition) is 5. The molecule has 6 nitrogen and oxygen atoms in total. The lowest BCUT2D eigenvalue weighted by molar-refractivity contribution is -0.156. The van der Waals surface area contributed by atoms with Crippen molar-refractivity contribution < 1.29 is 18.0 Å². The summed E-state index contributed by atoms with van der Waals surface area (Å²) in [5, 5.41) is 9.91. The van der Waals surface area contributed by atoms with Crippen LogP contribution in [0.1, 0.15) is 121 Å². The van der Waals surface area contributed by atoms with Gasteiger partial charge in [0.05, 0.1) is 11.8 Å². The number of nitriles is 1. The summed E-state index contributed by atoms with van der Waals surface area (Å²) >= 11 is 0. The molecule has 40 heavy (non-hydrogen) atoms. The first-order valence-electron chi connectivity index (χ1n) is 15.1. The van der Waals surface area contributed by atoms with E-state index >= 15 is 0 Å². The second-order valence-electron chi connectivity index (χ2n) is 16.2. The van der Waals surface area contributed by atoms with E-state index in [9.17, 15) is 23.3 Å². The third-order valence-corrected chi connectivity index (χ3v) is 12.9. The topological polar surface area (TPSA) is 104 Å². The summed E-state index contributed by atoms with van der Waals surface area (Å²) in [4.78, 5) is 26.1. The van der Waals surface area contributed by atoms with Crippen LogP contribution < -0.4 is 4.72 Å². The summed E-state index contributed by atoms with van der Waals surface area (Å²) in [6.45, 7) is 21.3. The molecule has 6 atom stereocenters. The van der Waals surface area contributed by atoms with Crippen LogP contribution >= 0.6 is 0 Å². The van der Waals surface area contributed by atoms with Crippen molar-refractivity contribution in [1.82, 2.24) is 4.72 Å². The number of rotatable bonds is 8. The van der Waals surface area contributed by atoms with E-state index in [2.05, 4.69) is 59.3 Å². The van der Waals surface area contributed by atoms with Gasteiger partial charge in [0.25, 0.3) is 0 Å². The van der Waals surface area contributed by atoms with Gasteiger partial charge in [-0.1, -0.05) is 68.4 Å². The summed E-state index contributed by atoms with van der Waals surface area (Å²) in [5.41, 5.74) is -1.76. The van der Waals surface area contributed by atoms with Crippen LogP contribution in [0.25, 0.3) is 0 Å². The lowest BCUT2D eigenvalue weighted by Crippen LogP contribution is -2.60. The van der Waals surface area contributed by atoms with Crippen LogP contribution in [-0.2, 0) is 19.6 Å². The molecular formula is C33H54N2O4S. The minimum absolute atomic E-state index is 0.0386. The third-order valence-electron chi connectivity index (χ3n) is 12.2. The Labute approximate surface area is 244 Å². The normalized spacial score (nSPS) is 37.7. The van der Waals surface area contributed by atoms with E-state index in [1.54, 1.807) is 6.92 Å². The van der Waals surface area contributed by atoms with Crippen LogP contribution in [0, 0.1) is 56.2 Å². The molecule has 0 amide bonds. The monoisotopic (exact) mass is 574 g/mol. The van der Waals surface area contributed by atoms with E-state index in [0.29, 0.717) is 6.42 Å². The average molecular weight is 575 g/mol. The molecule has 1 N–H and O–H groups in total. The molecule has 0 aromatic carbocycles. The zero-order valence-corrected chi connectivity index (χ0v) is 27.8. The molecule has 0 bridgehead atoms. The molecule has 2 saturated carbocycles. The van der Waals surface area contributed by atoms with E-state index in [4.69, 9.17) is 0 Å². The first-order chi connectivity index (χ1) is 18.0. The molecule has 0 aromatic heterocycles. The Balaban J connectivity index is 2.06. The predicted molar refractivity (Wildman–Crippen MR) is 161 cm³/mol. The molecule has 0 aromatic rings. The van der Waals surface area contributed by atoms with Gasteiger partial charge >= 0.3 is 0 Å². The van der Waals surface area contributed by atoms with Crippen molar-refractivity contribution >= 4 is 21.6 Å². The molecule has 7 heteroatoms. The standard InChI is InChI=1S/C33H54N2O4S/c1-22-19-28(3,4)14-16-33(22,35-40(11,38)39)17-15-29(5,6)32(10)13-12-25-30(7,8)27(37)24(21-34)20-31(25,9)26(32)18-23(2)36/h20,22,25-26,35H,12-19H2,1-11H3/t22?,25-,26+,31-,32+,33-/m0/s1. The Morgan fingerprint density at radius 3 is 2.23 bits per heavy atom. The van der Waals surface area contributed by atoms with Gasteiger partial charge in [0, 0.05) is 17.4 Å². The quantitative estimate of drug-likeness (QED) is 0.336. The Morgan fingerprint density at radius 1 is 1.12 bits per heavy atom. The fourth-order valence-electron chi connectivity index (χ4n) is 9.40. The number of carbonyl (C=O) groups is 2. The highest BCUT2D eigenvalue weighted by atomic mass is 32.2. The van der Waals surface area contributed by atoms with Gasteiger partial charge in [-0.3, -0.25) is 4.79 Å². The Morgan fingerprint density at radius 2 is 1.73 bits per heavy atom. The predicted octanol–water partition coefficient (Wildman–Crippen LogP) is 7.00. The van der Waals surface area contributed by atoms with Crippen molar-refractivity contribution in [2.24, 2.45) is 44.8 Å². The molecule has 0 aliphatic heterocycles. The van der Waals surface area contributed by atoms with Gasteiger partial charge in [-0.2, -0.15) is 5.26 Å². The Kier molecular flexibility index (Phi) is 8.52. The average Bonchev–Trinajstić information content (AvgIpc) is 2.79. The summed E-state index contributed by atoms with van der Waals surface area (Å²) < 4.78 is 28.3. The highest BCUT2D eigenvalue weighted by molar-refractivity contribution is 7.88. The molecule has 226 valence electrons. The molecule has 3 aliphatic carbocycles. The molecular weight excluding hydrogens is 520 g/mol. The van der Waals surface area contributed by atoms with Crippen molar-refractivity contribution in [3.8, 4) is 6.07 Å². The molecule has 0 saturated heterocycles. The van der Waals surface area contributed by atoms with Gasteiger partial charge in [0.2, 0.25) is 10.0 Å². The number of Topliss-reactive ketones (excluding diaryl/α,β-unsaturated/α-hetero) is 2. The maximum atomic E-state index is 13.3. The second kappa shape index (κ2) is 10.3. The van der Waals surface area contributed by atoms with Crippen LogP contribution in [0.15, 0.2) is 11.6 Å². The minimum Gasteiger partial charge on any atom is -0.300 e. The van der Waals surface area contributed by atoms with Gasteiger partial charge in [-0.05, 0) is 91.3 Å². The van der Waals surface area contributed by atoms with Crippen LogP contribution in [0.3, 0.4) is 0 Å². The maximum absolute atomic E-state index is 13.3. The molecule has 0 spiro atoms. The number of ketones is 2. The molecule has 1 unspecified atom stereocenters. The van der Waals surface area contributed by atoms with Crippen molar-refractivity contribution in [1.29, 1.82) is 5.26 Å².